The van der Waals surface area contributed by atoms with Crippen LogP contribution in [0.3, 0.4) is 0 Å². The number of likely N-dealkylation sites (tertiary alicyclic amines) is 1. The number of halogens is 1. The lowest BCUT2D eigenvalue weighted by atomic mass is 9.96. The van der Waals surface area contributed by atoms with Crippen molar-refractivity contribution in [2.45, 2.75) is 45.6 Å². The van der Waals surface area contributed by atoms with Crippen LogP contribution in [0.15, 0.2) is 47.3 Å². The van der Waals surface area contributed by atoms with Crippen molar-refractivity contribution in [3.8, 4) is 0 Å². The fourth-order valence-corrected chi connectivity index (χ4v) is 7.09. The Morgan fingerprint density at radius 1 is 0.840 bits per heavy atom. The van der Waals surface area contributed by atoms with Crippen molar-refractivity contribution in [1.82, 2.24) is 34.7 Å². The molecule has 0 unspecified atom stereocenters. The lowest BCUT2D eigenvalue weighted by Crippen LogP contribution is -2.55. The minimum Gasteiger partial charge on any atom is -0.444 e. The van der Waals surface area contributed by atoms with Crippen LogP contribution in [0.25, 0.3) is 10.8 Å². The first-order chi connectivity index (χ1) is 23.9. The second kappa shape index (κ2) is 15.3. The quantitative estimate of drug-likeness (QED) is 0.402. The summed E-state index contributed by atoms with van der Waals surface area (Å²) in [5.74, 6) is -0.400. The van der Waals surface area contributed by atoms with Crippen LogP contribution < -0.4 is 5.56 Å². The van der Waals surface area contributed by atoms with Gasteiger partial charge < -0.3 is 24.3 Å². The van der Waals surface area contributed by atoms with E-state index >= 15 is 0 Å². The maximum Gasteiger partial charge on any atom is 0.410 e. The minimum absolute atomic E-state index is 0.0116. The predicted molar refractivity (Wildman–Crippen MR) is 187 cm³/mol. The van der Waals surface area contributed by atoms with Crippen molar-refractivity contribution < 1.29 is 23.5 Å². The number of carbonyl (C=O) groups is 3. The lowest BCUT2D eigenvalue weighted by Gasteiger charge is -2.40. The molecule has 0 atom stereocenters. The summed E-state index contributed by atoms with van der Waals surface area (Å²) in [7, 11) is 0. The van der Waals surface area contributed by atoms with Gasteiger partial charge in [0.15, 0.2) is 0 Å². The number of rotatable bonds is 7. The Morgan fingerprint density at radius 3 is 2.16 bits per heavy atom. The average Bonchev–Trinajstić information content (AvgIpc) is 3.10. The van der Waals surface area contributed by atoms with Crippen LogP contribution in [-0.4, -0.2) is 137 Å². The van der Waals surface area contributed by atoms with Crippen LogP contribution in [0.2, 0.25) is 0 Å². The number of aromatic nitrogens is 2. The number of amides is 3. The number of piperidine rings is 1. The third-order valence-electron chi connectivity index (χ3n) is 9.93. The van der Waals surface area contributed by atoms with Crippen molar-refractivity contribution in [2.75, 3.05) is 78.5 Å². The van der Waals surface area contributed by atoms with Crippen LogP contribution in [-0.2, 0) is 16.0 Å². The minimum atomic E-state index is -0.595. The summed E-state index contributed by atoms with van der Waals surface area (Å²) in [4.78, 5) is 61.1. The average molecular weight is 690 g/mol. The molecule has 3 aliphatic heterocycles. The molecule has 3 amide bonds. The fraction of sp³-hybridized carbons (Fsp3) is 0.541. The number of hydrogen-bond acceptors (Lipinski definition) is 8. The van der Waals surface area contributed by atoms with E-state index in [1.165, 1.54) is 6.07 Å². The van der Waals surface area contributed by atoms with Gasteiger partial charge in [0.1, 0.15) is 11.4 Å². The summed E-state index contributed by atoms with van der Waals surface area (Å²) < 4.78 is 20.5. The van der Waals surface area contributed by atoms with Gasteiger partial charge in [0.2, 0.25) is 5.91 Å². The van der Waals surface area contributed by atoms with Crippen LogP contribution in [0.5, 0.6) is 0 Å². The van der Waals surface area contributed by atoms with Crippen molar-refractivity contribution >= 4 is 28.7 Å². The van der Waals surface area contributed by atoms with E-state index in [0.717, 1.165) is 58.7 Å². The molecule has 12 nitrogen and oxygen atoms in total. The Labute approximate surface area is 292 Å². The first-order valence-corrected chi connectivity index (χ1v) is 17.7. The van der Waals surface area contributed by atoms with E-state index in [-0.39, 0.29) is 23.1 Å². The number of H-pyrrole nitrogens is 1. The first kappa shape index (κ1) is 35.5. The number of nitrogens with one attached hydrogen (secondary N) is 1. The molecule has 13 heteroatoms. The summed E-state index contributed by atoms with van der Waals surface area (Å²) in [6.07, 6.45) is 2.03. The molecule has 2 aromatic carbocycles. The molecule has 0 radical (unpaired) electrons. The predicted octanol–water partition coefficient (Wildman–Crippen LogP) is 3.20. The SMILES string of the molecule is CC(C)(C)OC(=O)N1CCC(CN2CCN(CC(=O)N3CCN(C(=O)c4cc(Cc5n[nH]c(=O)c6ccccc56)ccc4F)CC3)CC2)CC1. The molecule has 3 aliphatic rings. The zero-order valence-corrected chi connectivity index (χ0v) is 29.3. The molecule has 3 fully saturated rings. The summed E-state index contributed by atoms with van der Waals surface area (Å²) in [6, 6.07) is 11.7. The summed E-state index contributed by atoms with van der Waals surface area (Å²) in [5.41, 5.74) is 0.567. The number of carbonyl (C=O) groups excluding carboxylic acids is 3. The van der Waals surface area contributed by atoms with Gasteiger partial charge in [-0.15, -0.1) is 0 Å². The normalized spacial score (nSPS) is 18.4. The molecule has 268 valence electrons. The Bertz CT molecular complexity index is 1750. The van der Waals surface area contributed by atoms with Crippen LogP contribution in [0, 0.1) is 11.7 Å². The van der Waals surface area contributed by atoms with Crippen LogP contribution in [0.4, 0.5) is 9.18 Å². The highest BCUT2D eigenvalue weighted by molar-refractivity contribution is 5.95. The Balaban J connectivity index is 0.936. The fourth-order valence-electron chi connectivity index (χ4n) is 7.09. The van der Waals surface area contributed by atoms with Crippen molar-refractivity contribution in [1.29, 1.82) is 0 Å². The van der Waals surface area contributed by atoms with E-state index in [1.54, 1.807) is 34.1 Å². The molecule has 1 N–H and O–H groups in total. The van der Waals surface area contributed by atoms with E-state index in [0.29, 0.717) is 67.1 Å². The van der Waals surface area contributed by atoms with Gasteiger partial charge in [-0.3, -0.25) is 19.3 Å². The standard InChI is InChI=1S/C37H48FN7O5/c1-37(2,3)50-36(49)45-12-10-26(11-13-45)24-41-14-16-42(17-15-41)25-33(46)43-18-20-44(21-19-43)35(48)30-22-27(8-9-31(30)38)23-32-28-6-4-5-7-29(28)34(47)40-39-32/h4-9,22,26H,10-21,23-25H2,1-3H3,(H,40,47). The Morgan fingerprint density at radius 2 is 1.48 bits per heavy atom. The molecular weight excluding hydrogens is 641 g/mol. The molecule has 0 aliphatic carbocycles. The highest BCUT2D eigenvalue weighted by Crippen LogP contribution is 2.23. The second-order valence-corrected chi connectivity index (χ2v) is 14.7. The van der Waals surface area contributed by atoms with E-state index in [2.05, 4.69) is 20.0 Å². The van der Waals surface area contributed by atoms with E-state index in [4.69, 9.17) is 4.74 Å². The van der Waals surface area contributed by atoms with Crippen molar-refractivity contribution in [2.24, 2.45) is 5.92 Å². The third kappa shape index (κ3) is 8.67. The largest absolute Gasteiger partial charge is 0.444 e. The number of hydrogen-bond donors (Lipinski definition) is 1. The van der Waals surface area contributed by atoms with Crippen LogP contribution >= 0.6 is 0 Å². The van der Waals surface area contributed by atoms with E-state index < -0.39 is 17.3 Å². The zero-order valence-electron chi connectivity index (χ0n) is 29.3. The molecule has 4 heterocycles. The van der Waals surface area contributed by atoms with Gasteiger partial charge in [-0.2, -0.15) is 5.10 Å². The van der Waals surface area contributed by atoms with Gasteiger partial charge in [0, 0.05) is 83.8 Å². The third-order valence-corrected chi connectivity index (χ3v) is 9.93. The van der Waals surface area contributed by atoms with Crippen molar-refractivity contribution in [3.05, 3.63) is 75.5 Å². The van der Waals surface area contributed by atoms with Gasteiger partial charge in [-0.05, 0) is 63.3 Å². The summed E-state index contributed by atoms with van der Waals surface area (Å²) in [6.45, 7) is 13.4. The number of fused-ring (bicyclic) bond motifs is 1. The second-order valence-electron chi connectivity index (χ2n) is 14.7. The monoisotopic (exact) mass is 689 g/mol. The van der Waals surface area contributed by atoms with Gasteiger partial charge >= 0.3 is 6.09 Å². The van der Waals surface area contributed by atoms with Gasteiger partial charge in [-0.25, -0.2) is 14.3 Å². The Kier molecular flexibility index (Phi) is 10.8. The lowest BCUT2D eigenvalue weighted by molar-refractivity contribution is -0.134. The Hall–Kier alpha value is -4.36. The molecule has 50 heavy (non-hydrogen) atoms. The molecule has 3 aromatic rings. The van der Waals surface area contributed by atoms with Gasteiger partial charge in [-0.1, -0.05) is 24.3 Å². The summed E-state index contributed by atoms with van der Waals surface area (Å²) >= 11 is 0. The maximum atomic E-state index is 14.9. The highest BCUT2D eigenvalue weighted by atomic mass is 19.1. The number of aromatic amines is 1. The highest BCUT2D eigenvalue weighted by Gasteiger charge is 2.31. The molecule has 0 bridgehead atoms. The van der Waals surface area contributed by atoms with Crippen molar-refractivity contribution in [3.63, 3.8) is 0 Å². The van der Waals surface area contributed by atoms with Gasteiger partial charge in [0.05, 0.1) is 23.2 Å². The molecule has 3 saturated heterocycles. The first-order valence-electron chi connectivity index (χ1n) is 17.7. The van der Waals surface area contributed by atoms with Gasteiger partial charge in [0.25, 0.3) is 11.5 Å². The molecule has 1 aromatic heterocycles. The number of ether oxygens (including phenoxy) is 1. The molecule has 0 saturated carbocycles. The number of nitrogens with zero attached hydrogens (tertiary/aromatic N) is 6. The number of piperazine rings is 2. The molecular formula is C37H48FN7O5. The zero-order chi connectivity index (χ0) is 35.4. The molecule has 0 spiro atoms. The topological polar surface area (TPSA) is 122 Å². The van der Waals surface area contributed by atoms with E-state index in [9.17, 15) is 23.6 Å². The smallest absolute Gasteiger partial charge is 0.410 e. The summed E-state index contributed by atoms with van der Waals surface area (Å²) in [5, 5.41) is 7.97. The number of benzene rings is 2. The van der Waals surface area contributed by atoms with E-state index in [1.807, 2.05) is 37.8 Å². The van der Waals surface area contributed by atoms with Crippen LogP contribution in [0.1, 0.15) is 55.2 Å². The molecule has 6 rings (SSSR count). The maximum absolute atomic E-state index is 14.9.